The molecule has 0 fully saturated rings. The molecule has 0 saturated carbocycles. The molecule has 166 valence electrons. The predicted molar refractivity (Wildman–Crippen MR) is 128 cm³/mol. The highest BCUT2D eigenvalue weighted by Gasteiger charge is 2.24. The summed E-state index contributed by atoms with van der Waals surface area (Å²) in [6.07, 6.45) is 0.482. The number of rotatable bonds is 9. The molecule has 2 aromatic rings. The summed E-state index contributed by atoms with van der Waals surface area (Å²) in [5.74, 6) is 0.977. The smallest absolute Gasteiger partial charge is 0.225 e. The van der Waals surface area contributed by atoms with Crippen molar-refractivity contribution in [2.24, 2.45) is 4.99 Å². The third kappa shape index (κ3) is 6.31. The van der Waals surface area contributed by atoms with Gasteiger partial charge in [-0.25, -0.2) is 4.99 Å². The lowest BCUT2D eigenvalue weighted by Gasteiger charge is -2.26. The van der Waals surface area contributed by atoms with Gasteiger partial charge in [0.2, 0.25) is 5.91 Å². The fourth-order valence-electron chi connectivity index (χ4n) is 3.96. The maximum absolute atomic E-state index is 12.1. The van der Waals surface area contributed by atoms with Crippen LogP contribution in [0.15, 0.2) is 53.5 Å². The average molecular weight is 422 g/mol. The van der Waals surface area contributed by atoms with Gasteiger partial charge < -0.3 is 16.0 Å². The number of hydrogen-bond donors (Lipinski definition) is 3. The molecule has 0 saturated heterocycles. The zero-order chi connectivity index (χ0) is 22.1. The largest absolute Gasteiger partial charge is 0.357 e. The molecule has 3 rings (SSSR count). The van der Waals surface area contributed by atoms with Crippen LogP contribution >= 0.6 is 0 Å². The molecule has 1 amide bonds. The van der Waals surface area contributed by atoms with Crippen molar-refractivity contribution >= 4 is 17.6 Å². The summed E-state index contributed by atoms with van der Waals surface area (Å²) in [6, 6.07) is 16.6. The monoisotopic (exact) mass is 421 g/mol. The van der Waals surface area contributed by atoms with Crippen LogP contribution in [0.2, 0.25) is 0 Å². The molecule has 0 aromatic heterocycles. The Labute approximate surface area is 186 Å². The molecule has 0 radical (unpaired) electrons. The van der Waals surface area contributed by atoms with Gasteiger partial charge in [0, 0.05) is 37.7 Å². The number of carbonyl (C=O) groups excluding carboxylic acids is 1. The number of carbonyl (C=O) groups is 1. The number of amides is 1. The number of guanidine groups is 1. The molecule has 1 heterocycles. The Bertz CT molecular complexity index is 891. The third-order valence-electron chi connectivity index (χ3n) is 5.78. The predicted octanol–water partition coefficient (Wildman–Crippen LogP) is 3.71. The van der Waals surface area contributed by atoms with E-state index in [1.165, 1.54) is 16.7 Å². The highest BCUT2D eigenvalue weighted by atomic mass is 16.1. The Morgan fingerprint density at radius 1 is 1.03 bits per heavy atom. The quantitative estimate of drug-likeness (QED) is 0.426. The lowest BCUT2D eigenvalue weighted by atomic mass is 9.90. The van der Waals surface area contributed by atoms with Gasteiger partial charge >= 0.3 is 0 Å². The van der Waals surface area contributed by atoms with Crippen molar-refractivity contribution in [2.75, 3.05) is 31.5 Å². The van der Waals surface area contributed by atoms with Crippen LogP contribution in [0.25, 0.3) is 0 Å². The molecule has 6 heteroatoms. The Morgan fingerprint density at radius 3 is 2.48 bits per heavy atom. The van der Waals surface area contributed by atoms with E-state index in [0.29, 0.717) is 19.5 Å². The summed E-state index contributed by atoms with van der Waals surface area (Å²) in [5.41, 5.74) is 4.66. The number of nitrogens with zero attached hydrogens (tertiary/aromatic N) is 2. The highest BCUT2D eigenvalue weighted by Crippen LogP contribution is 2.31. The van der Waals surface area contributed by atoms with E-state index >= 15 is 0 Å². The number of benzene rings is 2. The van der Waals surface area contributed by atoms with E-state index < -0.39 is 0 Å². The number of anilines is 1. The summed E-state index contributed by atoms with van der Waals surface area (Å²) < 4.78 is 0. The molecule has 0 aliphatic carbocycles. The first-order valence-electron chi connectivity index (χ1n) is 11.3. The molecular formula is C25H35N5O. The first-order chi connectivity index (χ1) is 15.1. The first kappa shape index (κ1) is 22.8. The second-order valence-electron chi connectivity index (χ2n) is 7.84. The standard InChI is InChI=1S/C25H35N5O/c1-4-26-25(27-16-19-11-7-8-12-20(19)18-30(5-2)6-3)28-17-21-15-24(31)29-23-14-10-9-13-22(21)23/h7-14,21H,4-6,15-18H2,1-3H3,(H,29,31)(H2,26,27,28). The number of para-hydroxylation sites is 1. The van der Waals surface area contributed by atoms with E-state index in [9.17, 15) is 4.79 Å². The van der Waals surface area contributed by atoms with E-state index in [2.05, 4.69) is 72.0 Å². The van der Waals surface area contributed by atoms with E-state index in [-0.39, 0.29) is 11.8 Å². The Kier molecular flexibility index (Phi) is 8.47. The van der Waals surface area contributed by atoms with Crippen molar-refractivity contribution in [1.82, 2.24) is 15.5 Å². The molecule has 1 aliphatic heterocycles. The molecule has 0 spiro atoms. The lowest BCUT2D eigenvalue weighted by molar-refractivity contribution is -0.116. The molecule has 2 aromatic carbocycles. The lowest BCUT2D eigenvalue weighted by Crippen LogP contribution is -2.40. The maximum Gasteiger partial charge on any atom is 0.225 e. The van der Waals surface area contributed by atoms with Gasteiger partial charge in [-0.1, -0.05) is 56.3 Å². The summed E-state index contributed by atoms with van der Waals surface area (Å²) in [6.45, 7) is 11.5. The van der Waals surface area contributed by atoms with Gasteiger partial charge in [0.25, 0.3) is 0 Å². The van der Waals surface area contributed by atoms with Crippen LogP contribution in [0.3, 0.4) is 0 Å². The molecule has 31 heavy (non-hydrogen) atoms. The third-order valence-corrected chi connectivity index (χ3v) is 5.78. The van der Waals surface area contributed by atoms with E-state index in [1.807, 2.05) is 18.2 Å². The minimum Gasteiger partial charge on any atom is -0.357 e. The average Bonchev–Trinajstić information content (AvgIpc) is 2.79. The molecule has 1 atom stereocenters. The van der Waals surface area contributed by atoms with Crippen molar-refractivity contribution < 1.29 is 4.79 Å². The normalized spacial score (nSPS) is 16.1. The van der Waals surface area contributed by atoms with E-state index in [1.54, 1.807) is 0 Å². The molecule has 6 nitrogen and oxygen atoms in total. The fraction of sp³-hybridized carbons (Fsp3) is 0.440. The van der Waals surface area contributed by atoms with E-state index in [4.69, 9.17) is 4.99 Å². The van der Waals surface area contributed by atoms with Gasteiger partial charge in [-0.3, -0.25) is 9.69 Å². The van der Waals surface area contributed by atoms with Crippen molar-refractivity contribution in [3.8, 4) is 0 Å². The maximum atomic E-state index is 12.1. The summed E-state index contributed by atoms with van der Waals surface area (Å²) >= 11 is 0. The Balaban J connectivity index is 1.69. The SMILES string of the molecule is CCNC(=NCc1ccccc1CN(CC)CC)NCC1CC(=O)Nc2ccccc21. The van der Waals surface area contributed by atoms with Gasteiger partial charge in [0.05, 0.1) is 6.54 Å². The van der Waals surface area contributed by atoms with Crippen LogP contribution in [0, 0.1) is 0 Å². The summed E-state index contributed by atoms with van der Waals surface area (Å²) in [5, 5.41) is 9.76. The Hall–Kier alpha value is -2.86. The Morgan fingerprint density at radius 2 is 1.74 bits per heavy atom. The van der Waals surface area contributed by atoms with Crippen LogP contribution < -0.4 is 16.0 Å². The topological polar surface area (TPSA) is 68.8 Å². The van der Waals surface area contributed by atoms with Gasteiger partial charge in [0.15, 0.2) is 5.96 Å². The van der Waals surface area contributed by atoms with Crippen LogP contribution in [0.5, 0.6) is 0 Å². The van der Waals surface area contributed by atoms with Gasteiger partial charge in [-0.2, -0.15) is 0 Å². The van der Waals surface area contributed by atoms with Crippen molar-refractivity contribution in [3.63, 3.8) is 0 Å². The summed E-state index contributed by atoms with van der Waals surface area (Å²) in [7, 11) is 0. The highest BCUT2D eigenvalue weighted by molar-refractivity contribution is 5.94. The first-order valence-corrected chi connectivity index (χ1v) is 11.3. The fourth-order valence-corrected chi connectivity index (χ4v) is 3.96. The van der Waals surface area contributed by atoms with Crippen molar-refractivity contribution in [1.29, 1.82) is 0 Å². The van der Waals surface area contributed by atoms with Crippen LogP contribution in [-0.2, 0) is 17.9 Å². The molecular weight excluding hydrogens is 386 g/mol. The van der Waals surface area contributed by atoms with E-state index in [0.717, 1.165) is 37.8 Å². The van der Waals surface area contributed by atoms with Crippen LogP contribution in [0.4, 0.5) is 5.69 Å². The summed E-state index contributed by atoms with van der Waals surface area (Å²) in [4.78, 5) is 19.4. The number of hydrogen-bond acceptors (Lipinski definition) is 3. The van der Waals surface area contributed by atoms with Crippen molar-refractivity contribution in [2.45, 2.75) is 46.2 Å². The second-order valence-corrected chi connectivity index (χ2v) is 7.84. The minimum absolute atomic E-state index is 0.0674. The van der Waals surface area contributed by atoms with Crippen LogP contribution in [0.1, 0.15) is 49.8 Å². The minimum atomic E-state index is 0.0674. The molecule has 3 N–H and O–H groups in total. The molecule has 0 bridgehead atoms. The van der Waals surface area contributed by atoms with Crippen molar-refractivity contribution in [3.05, 3.63) is 65.2 Å². The zero-order valence-corrected chi connectivity index (χ0v) is 18.9. The van der Waals surface area contributed by atoms with Gasteiger partial charge in [0.1, 0.15) is 0 Å². The second kappa shape index (κ2) is 11.5. The van der Waals surface area contributed by atoms with Gasteiger partial charge in [-0.15, -0.1) is 0 Å². The zero-order valence-electron chi connectivity index (χ0n) is 18.9. The van der Waals surface area contributed by atoms with Crippen LogP contribution in [-0.4, -0.2) is 42.9 Å². The number of nitrogens with one attached hydrogen (secondary N) is 3. The van der Waals surface area contributed by atoms with Gasteiger partial charge in [-0.05, 0) is 42.8 Å². The molecule has 1 unspecified atom stereocenters. The molecule has 1 aliphatic rings. The number of aliphatic imine (C=N–C) groups is 1. The number of fused-ring (bicyclic) bond motifs is 1.